The maximum Gasteiger partial charge on any atom is 0.258 e. The highest BCUT2D eigenvalue weighted by atomic mass is 16.7. The number of nitrogens with zero attached hydrogens (tertiary/aromatic N) is 3. The fourth-order valence-corrected chi connectivity index (χ4v) is 3.74. The number of amides is 1. The summed E-state index contributed by atoms with van der Waals surface area (Å²) in [5.41, 5.74) is 2.37. The Balaban J connectivity index is 1.40. The molecule has 7 heteroatoms. The maximum absolute atomic E-state index is 12.6. The molecule has 0 atom stereocenters. The van der Waals surface area contributed by atoms with Crippen LogP contribution in [0, 0.1) is 0 Å². The second-order valence-corrected chi connectivity index (χ2v) is 7.56. The van der Waals surface area contributed by atoms with Crippen molar-refractivity contribution in [3.63, 3.8) is 0 Å². The van der Waals surface area contributed by atoms with Crippen LogP contribution in [-0.4, -0.2) is 48.0 Å². The highest BCUT2D eigenvalue weighted by molar-refractivity contribution is 6.04. The number of nitrogens with one attached hydrogen (secondary N) is 1. The summed E-state index contributed by atoms with van der Waals surface area (Å²) in [6.45, 7) is 7.09. The van der Waals surface area contributed by atoms with Gasteiger partial charge in [0.2, 0.25) is 5.95 Å². The van der Waals surface area contributed by atoms with E-state index in [-0.39, 0.29) is 5.91 Å². The molecule has 0 unspecified atom stereocenters. The smallest absolute Gasteiger partial charge is 0.258 e. The average molecular weight is 382 g/mol. The monoisotopic (exact) mass is 382 g/mol. The molecule has 1 N–H and O–H groups in total. The van der Waals surface area contributed by atoms with E-state index in [0.717, 1.165) is 37.2 Å². The van der Waals surface area contributed by atoms with E-state index in [9.17, 15) is 4.79 Å². The minimum atomic E-state index is -0.417. The largest absolute Gasteiger partial charge is 0.347 e. The van der Waals surface area contributed by atoms with Gasteiger partial charge in [-0.3, -0.25) is 4.79 Å². The third-order valence-corrected chi connectivity index (χ3v) is 5.35. The fraction of sp³-hybridized carbons (Fsp3) is 0.476. The zero-order valence-electron chi connectivity index (χ0n) is 16.4. The van der Waals surface area contributed by atoms with Crippen molar-refractivity contribution in [2.75, 3.05) is 36.5 Å². The van der Waals surface area contributed by atoms with Crippen molar-refractivity contribution in [1.29, 1.82) is 0 Å². The van der Waals surface area contributed by atoms with Gasteiger partial charge in [0.25, 0.3) is 5.91 Å². The summed E-state index contributed by atoms with van der Waals surface area (Å²) in [5, 5.41) is 2.97. The number of rotatable bonds is 4. The lowest BCUT2D eigenvalue weighted by Gasteiger charge is -2.37. The van der Waals surface area contributed by atoms with Gasteiger partial charge in [-0.15, -0.1) is 0 Å². The highest BCUT2D eigenvalue weighted by Crippen LogP contribution is 2.32. The number of benzene rings is 1. The van der Waals surface area contributed by atoms with E-state index in [1.54, 1.807) is 12.4 Å². The molecule has 4 rings (SSSR count). The standard InChI is InChI=1S/C21H26N4O3/c1-15(2)17-5-3-4-6-18(17)24-19(26)16-13-22-20(23-14-16)25-9-7-21(8-10-25)27-11-12-28-21/h3-6,13-15H,7-12H2,1-2H3,(H,24,26). The van der Waals surface area contributed by atoms with Crippen LogP contribution in [0.25, 0.3) is 0 Å². The van der Waals surface area contributed by atoms with E-state index in [2.05, 4.69) is 34.0 Å². The molecule has 3 heterocycles. The normalized spacial score (nSPS) is 18.6. The van der Waals surface area contributed by atoms with Gasteiger partial charge >= 0.3 is 0 Å². The number of carbonyl (C=O) groups excluding carboxylic acids is 1. The van der Waals surface area contributed by atoms with E-state index >= 15 is 0 Å². The molecule has 0 aliphatic carbocycles. The van der Waals surface area contributed by atoms with Crippen LogP contribution in [0.5, 0.6) is 0 Å². The second-order valence-electron chi connectivity index (χ2n) is 7.56. The van der Waals surface area contributed by atoms with Crippen molar-refractivity contribution in [2.24, 2.45) is 0 Å². The third-order valence-electron chi connectivity index (χ3n) is 5.35. The third kappa shape index (κ3) is 3.86. The Labute approximate surface area is 165 Å². The summed E-state index contributed by atoms with van der Waals surface area (Å²) in [7, 11) is 0. The molecule has 0 saturated carbocycles. The average Bonchev–Trinajstić information content (AvgIpc) is 3.17. The van der Waals surface area contributed by atoms with Gasteiger partial charge in [0.1, 0.15) is 0 Å². The van der Waals surface area contributed by atoms with Gasteiger partial charge in [0, 0.05) is 44.0 Å². The molecular weight excluding hydrogens is 356 g/mol. The van der Waals surface area contributed by atoms with E-state index < -0.39 is 5.79 Å². The number of hydrogen-bond acceptors (Lipinski definition) is 6. The Morgan fingerprint density at radius 3 is 2.39 bits per heavy atom. The lowest BCUT2D eigenvalue weighted by atomic mass is 10.0. The SMILES string of the molecule is CC(C)c1ccccc1NC(=O)c1cnc(N2CCC3(CC2)OCCO3)nc1. The topological polar surface area (TPSA) is 76.6 Å². The Bertz CT molecular complexity index is 822. The van der Waals surface area contributed by atoms with Crippen molar-refractivity contribution in [3.8, 4) is 0 Å². The molecular formula is C21H26N4O3. The van der Waals surface area contributed by atoms with Crippen LogP contribution in [0.2, 0.25) is 0 Å². The molecule has 1 aromatic heterocycles. The Morgan fingerprint density at radius 1 is 1.11 bits per heavy atom. The number of ether oxygens (including phenoxy) is 2. The van der Waals surface area contributed by atoms with Crippen LogP contribution in [0.3, 0.4) is 0 Å². The van der Waals surface area contributed by atoms with Crippen LogP contribution in [-0.2, 0) is 9.47 Å². The number of aromatic nitrogens is 2. The number of hydrogen-bond donors (Lipinski definition) is 1. The van der Waals surface area contributed by atoms with Crippen molar-refractivity contribution in [1.82, 2.24) is 9.97 Å². The molecule has 148 valence electrons. The van der Waals surface area contributed by atoms with Gasteiger partial charge in [-0.25, -0.2) is 9.97 Å². The quantitative estimate of drug-likeness (QED) is 0.875. The van der Waals surface area contributed by atoms with Gasteiger partial charge in [0.05, 0.1) is 18.8 Å². The minimum Gasteiger partial charge on any atom is -0.347 e. The first kappa shape index (κ1) is 18.8. The van der Waals surface area contributed by atoms with Gasteiger partial charge in [-0.05, 0) is 17.5 Å². The molecule has 7 nitrogen and oxygen atoms in total. The molecule has 28 heavy (non-hydrogen) atoms. The molecule has 1 amide bonds. The predicted molar refractivity (Wildman–Crippen MR) is 107 cm³/mol. The lowest BCUT2D eigenvalue weighted by Crippen LogP contribution is -2.45. The van der Waals surface area contributed by atoms with E-state index in [1.165, 1.54) is 0 Å². The summed E-state index contributed by atoms with van der Waals surface area (Å²) < 4.78 is 11.5. The van der Waals surface area contributed by atoms with Crippen LogP contribution < -0.4 is 10.2 Å². The van der Waals surface area contributed by atoms with Crippen LogP contribution in [0.1, 0.15) is 48.5 Å². The zero-order chi connectivity index (χ0) is 19.6. The van der Waals surface area contributed by atoms with Crippen LogP contribution in [0.15, 0.2) is 36.7 Å². The van der Waals surface area contributed by atoms with Gasteiger partial charge in [-0.2, -0.15) is 0 Å². The van der Waals surface area contributed by atoms with Crippen LogP contribution >= 0.6 is 0 Å². The summed E-state index contributed by atoms with van der Waals surface area (Å²) >= 11 is 0. The van der Waals surface area contributed by atoms with E-state index in [4.69, 9.17) is 9.47 Å². The first-order valence-corrected chi connectivity index (χ1v) is 9.81. The van der Waals surface area contributed by atoms with E-state index in [1.807, 2.05) is 24.3 Å². The molecule has 1 spiro atoms. The van der Waals surface area contributed by atoms with Crippen molar-refractivity contribution in [2.45, 2.75) is 38.4 Å². The Kier molecular flexibility index (Phi) is 5.28. The van der Waals surface area contributed by atoms with Crippen molar-refractivity contribution < 1.29 is 14.3 Å². The highest BCUT2D eigenvalue weighted by Gasteiger charge is 2.40. The number of carbonyl (C=O) groups is 1. The first-order chi connectivity index (χ1) is 13.6. The predicted octanol–water partition coefficient (Wildman–Crippen LogP) is 3.20. The van der Waals surface area contributed by atoms with E-state index in [0.29, 0.717) is 30.6 Å². The van der Waals surface area contributed by atoms with Gasteiger partial charge in [-0.1, -0.05) is 32.0 Å². The zero-order valence-corrected chi connectivity index (χ0v) is 16.4. The molecule has 2 aliphatic heterocycles. The summed E-state index contributed by atoms with van der Waals surface area (Å²) in [4.78, 5) is 23.5. The molecule has 1 aromatic carbocycles. The number of para-hydroxylation sites is 1. The number of anilines is 2. The molecule has 2 fully saturated rings. The summed E-state index contributed by atoms with van der Waals surface area (Å²) in [6.07, 6.45) is 4.76. The summed E-state index contributed by atoms with van der Waals surface area (Å²) in [6, 6.07) is 7.84. The van der Waals surface area contributed by atoms with Crippen molar-refractivity contribution >= 4 is 17.5 Å². The Hall–Kier alpha value is -2.51. The summed E-state index contributed by atoms with van der Waals surface area (Å²) in [5.74, 6) is 0.336. The Morgan fingerprint density at radius 2 is 1.75 bits per heavy atom. The fourth-order valence-electron chi connectivity index (χ4n) is 3.74. The lowest BCUT2D eigenvalue weighted by molar-refractivity contribution is -0.169. The second kappa shape index (κ2) is 7.85. The van der Waals surface area contributed by atoms with Crippen molar-refractivity contribution in [3.05, 3.63) is 47.8 Å². The molecule has 0 bridgehead atoms. The molecule has 2 saturated heterocycles. The van der Waals surface area contributed by atoms with Crippen LogP contribution in [0.4, 0.5) is 11.6 Å². The molecule has 2 aromatic rings. The van der Waals surface area contributed by atoms with Gasteiger partial charge in [0.15, 0.2) is 5.79 Å². The number of piperidine rings is 1. The minimum absolute atomic E-state index is 0.204. The van der Waals surface area contributed by atoms with Gasteiger partial charge < -0.3 is 19.7 Å². The first-order valence-electron chi connectivity index (χ1n) is 9.81. The molecule has 2 aliphatic rings. The molecule has 0 radical (unpaired) electrons. The maximum atomic E-state index is 12.6.